The zero-order valence-corrected chi connectivity index (χ0v) is 6.98. The Morgan fingerprint density at radius 3 is 3.09 bits per heavy atom. The zero-order chi connectivity index (χ0) is 7.84. The summed E-state index contributed by atoms with van der Waals surface area (Å²) in [5.41, 5.74) is 7.78. The van der Waals surface area contributed by atoms with Crippen molar-refractivity contribution in [3.8, 4) is 0 Å². The van der Waals surface area contributed by atoms with E-state index in [1.165, 1.54) is 16.9 Å². The normalized spacial score (nSPS) is 10.6. The van der Waals surface area contributed by atoms with Crippen molar-refractivity contribution in [2.45, 2.75) is 6.92 Å². The number of rotatable bonds is 0. The second kappa shape index (κ2) is 2.20. The lowest BCUT2D eigenvalue weighted by Gasteiger charge is -1.88. The minimum atomic E-state index is 0.644. The summed E-state index contributed by atoms with van der Waals surface area (Å²) in [4.78, 5) is 4.17. The fraction of sp³-hybridized carbons (Fsp3) is 0.125. The number of nitrogens with zero attached hydrogens (tertiary/aromatic N) is 1. The Morgan fingerprint density at radius 2 is 2.27 bits per heavy atom. The summed E-state index contributed by atoms with van der Waals surface area (Å²) in [6, 6.07) is 6.17. The van der Waals surface area contributed by atoms with Crippen LogP contribution in [-0.4, -0.2) is 4.98 Å². The van der Waals surface area contributed by atoms with Crippen LogP contribution in [0.15, 0.2) is 18.2 Å². The molecule has 2 N–H and O–H groups in total. The molecule has 0 aliphatic carbocycles. The highest BCUT2D eigenvalue weighted by Crippen LogP contribution is 2.23. The number of thiazole rings is 1. The van der Waals surface area contributed by atoms with Gasteiger partial charge in [0.15, 0.2) is 5.13 Å². The van der Waals surface area contributed by atoms with E-state index in [-0.39, 0.29) is 0 Å². The third-order valence-electron chi connectivity index (χ3n) is 1.56. The van der Waals surface area contributed by atoms with Gasteiger partial charge in [-0.25, -0.2) is 4.98 Å². The predicted molar refractivity (Wildman–Crippen MR) is 48.8 cm³/mol. The first-order chi connectivity index (χ1) is 5.25. The molecule has 2 nitrogen and oxygen atoms in total. The van der Waals surface area contributed by atoms with Crippen molar-refractivity contribution in [2.75, 3.05) is 5.73 Å². The Bertz CT molecular complexity index is 392. The van der Waals surface area contributed by atoms with Crippen LogP contribution in [0.2, 0.25) is 0 Å². The lowest BCUT2D eigenvalue weighted by molar-refractivity contribution is 1.45. The molecule has 1 aromatic heterocycles. The van der Waals surface area contributed by atoms with E-state index >= 15 is 0 Å². The minimum absolute atomic E-state index is 0.644. The van der Waals surface area contributed by atoms with E-state index in [4.69, 9.17) is 5.73 Å². The molecule has 56 valence electrons. The van der Waals surface area contributed by atoms with E-state index in [1.54, 1.807) is 0 Å². The van der Waals surface area contributed by atoms with E-state index in [0.717, 1.165) is 10.2 Å². The number of aryl methyl sites for hydroxylation is 1. The molecule has 2 rings (SSSR count). The Morgan fingerprint density at radius 1 is 1.45 bits per heavy atom. The molecule has 0 aliphatic rings. The van der Waals surface area contributed by atoms with Gasteiger partial charge >= 0.3 is 0 Å². The molecule has 0 spiro atoms. The van der Waals surface area contributed by atoms with E-state index in [2.05, 4.69) is 24.0 Å². The smallest absolute Gasteiger partial charge is 0.181 e. The number of hydrogen-bond acceptors (Lipinski definition) is 3. The molecule has 0 saturated heterocycles. The van der Waals surface area contributed by atoms with Crippen LogP contribution in [0.4, 0.5) is 5.13 Å². The summed E-state index contributed by atoms with van der Waals surface area (Å²) in [6.07, 6.45) is 0. The molecule has 1 heterocycles. The van der Waals surface area contributed by atoms with Crippen LogP contribution in [-0.2, 0) is 0 Å². The Kier molecular flexibility index (Phi) is 1.32. The minimum Gasteiger partial charge on any atom is -0.375 e. The van der Waals surface area contributed by atoms with Gasteiger partial charge in [0.2, 0.25) is 0 Å². The van der Waals surface area contributed by atoms with Gasteiger partial charge in [-0.15, -0.1) is 0 Å². The molecule has 3 heteroatoms. The molecule has 1 aromatic carbocycles. The first kappa shape index (κ1) is 6.61. The Labute approximate surface area is 68.7 Å². The fourth-order valence-corrected chi connectivity index (χ4v) is 1.77. The second-order valence-electron chi connectivity index (χ2n) is 2.52. The number of aromatic nitrogens is 1. The van der Waals surface area contributed by atoms with Crippen LogP contribution in [0.25, 0.3) is 10.2 Å². The summed E-state index contributed by atoms with van der Waals surface area (Å²) in [5, 5.41) is 0.644. The standard InChI is InChI=1S/C8H8N2S/c1-5-2-3-7-6(4-5)10-8(9)11-7/h2-4H,1H3,(H2,9,10). The molecule has 0 fully saturated rings. The number of nitrogen functional groups attached to an aromatic ring is 1. The van der Waals surface area contributed by atoms with Gasteiger partial charge in [-0.3, -0.25) is 0 Å². The molecular formula is C8H8N2S. The number of anilines is 1. The molecule has 0 bridgehead atoms. The molecule has 0 atom stereocenters. The average molecular weight is 164 g/mol. The first-order valence-corrected chi connectivity index (χ1v) is 4.20. The summed E-state index contributed by atoms with van der Waals surface area (Å²) >= 11 is 1.53. The lowest BCUT2D eigenvalue weighted by atomic mass is 10.2. The molecule has 2 aromatic rings. The van der Waals surface area contributed by atoms with Gasteiger partial charge < -0.3 is 5.73 Å². The van der Waals surface area contributed by atoms with Crippen LogP contribution < -0.4 is 5.73 Å². The quantitative estimate of drug-likeness (QED) is 0.648. The van der Waals surface area contributed by atoms with Gasteiger partial charge in [-0.1, -0.05) is 17.4 Å². The van der Waals surface area contributed by atoms with E-state index in [9.17, 15) is 0 Å². The molecule has 0 saturated carbocycles. The maximum Gasteiger partial charge on any atom is 0.181 e. The monoisotopic (exact) mass is 164 g/mol. The van der Waals surface area contributed by atoms with Crippen LogP contribution in [0.5, 0.6) is 0 Å². The van der Waals surface area contributed by atoms with Crippen molar-refractivity contribution in [1.29, 1.82) is 0 Å². The third kappa shape index (κ3) is 1.07. The Hall–Kier alpha value is -1.09. The lowest BCUT2D eigenvalue weighted by Crippen LogP contribution is -1.79. The highest BCUT2D eigenvalue weighted by molar-refractivity contribution is 7.22. The van der Waals surface area contributed by atoms with Crippen molar-refractivity contribution in [2.24, 2.45) is 0 Å². The highest BCUT2D eigenvalue weighted by atomic mass is 32.1. The van der Waals surface area contributed by atoms with Crippen molar-refractivity contribution >= 4 is 26.7 Å². The maximum absolute atomic E-state index is 5.55. The summed E-state index contributed by atoms with van der Waals surface area (Å²) in [5.74, 6) is 0. The van der Waals surface area contributed by atoms with Crippen molar-refractivity contribution in [3.63, 3.8) is 0 Å². The number of hydrogen-bond donors (Lipinski definition) is 1. The van der Waals surface area contributed by atoms with Gasteiger partial charge in [-0.05, 0) is 24.6 Å². The van der Waals surface area contributed by atoms with Gasteiger partial charge in [0.1, 0.15) is 0 Å². The predicted octanol–water partition coefficient (Wildman–Crippen LogP) is 2.19. The van der Waals surface area contributed by atoms with Gasteiger partial charge in [0.25, 0.3) is 0 Å². The van der Waals surface area contributed by atoms with E-state index in [1.807, 2.05) is 6.07 Å². The van der Waals surface area contributed by atoms with Crippen LogP contribution >= 0.6 is 11.3 Å². The molecule has 11 heavy (non-hydrogen) atoms. The molecule has 0 aliphatic heterocycles. The third-order valence-corrected chi connectivity index (χ3v) is 2.43. The topological polar surface area (TPSA) is 38.9 Å². The van der Waals surface area contributed by atoms with Gasteiger partial charge in [0, 0.05) is 0 Å². The fourth-order valence-electron chi connectivity index (χ4n) is 1.06. The zero-order valence-electron chi connectivity index (χ0n) is 6.16. The molecule has 0 unspecified atom stereocenters. The SMILES string of the molecule is Cc1ccc2sc(N)nc2c1. The van der Waals surface area contributed by atoms with Gasteiger partial charge in [-0.2, -0.15) is 0 Å². The molecular weight excluding hydrogens is 156 g/mol. The van der Waals surface area contributed by atoms with Crippen molar-refractivity contribution in [3.05, 3.63) is 23.8 Å². The first-order valence-electron chi connectivity index (χ1n) is 3.38. The van der Waals surface area contributed by atoms with Crippen LogP contribution in [0.3, 0.4) is 0 Å². The van der Waals surface area contributed by atoms with E-state index < -0.39 is 0 Å². The average Bonchev–Trinajstić information content (AvgIpc) is 2.27. The van der Waals surface area contributed by atoms with Gasteiger partial charge in [0.05, 0.1) is 10.2 Å². The van der Waals surface area contributed by atoms with E-state index in [0.29, 0.717) is 5.13 Å². The van der Waals surface area contributed by atoms with Crippen LogP contribution in [0, 0.1) is 6.92 Å². The summed E-state index contributed by atoms with van der Waals surface area (Å²) < 4.78 is 1.16. The second-order valence-corrected chi connectivity index (χ2v) is 3.59. The maximum atomic E-state index is 5.55. The van der Waals surface area contributed by atoms with Crippen molar-refractivity contribution < 1.29 is 0 Å². The number of fused-ring (bicyclic) bond motifs is 1. The molecule has 0 amide bonds. The number of nitrogens with two attached hydrogens (primary N) is 1. The largest absolute Gasteiger partial charge is 0.375 e. The summed E-state index contributed by atoms with van der Waals surface area (Å²) in [6.45, 7) is 2.05. The number of benzene rings is 1. The van der Waals surface area contributed by atoms with Crippen molar-refractivity contribution in [1.82, 2.24) is 4.98 Å². The van der Waals surface area contributed by atoms with Crippen LogP contribution in [0.1, 0.15) is 5.56 Å². The molecule has 0 radical (unpaired) electrons. The summed E-state index contributed by atoms with van der Waals surface area (Å²) in [7, 11) is 0. The highest BCUT2D eigenvalue weighted by Gasteiger charge is 1.98. The Balaban J connectivity index is 2.82.